The van der Waals surface area contributed by atoms with Gasteiger partial charge in [0, 0.05) is 47.2 Å². The first-order valence-electron chi connectivity index (χ1n) is 11.5. The van der Waals surface area contributed by atoms with Crippen LogP contribution < -0.4 is 5.32 Å². The normalized spacial score (nSPS) is 20.7. The predicted molar refractivity (Wildman–Crippen MR) is 128 cm³/mol. The number of anilines is 1. The SMILES string of the molecule is CCn1c2ccccc2c2cc(C3Nc4ccccc4C(=O)N3CC3CCCO3)ccc21. The van der Waals surface area contributed by atoms with Crippen molar-refractivity contribution in [3.05, 3.63) is 77.9 Å². The van der Waals surface area contributed by atoms with Crippen LogP contribution in [0.5, 0.6) is 0 Å². The van der Waals surface area contributed by atoms with E-state index in [9.17, 15) is 4.79 Å². The third-order valence-electron chi connectivity index (χ3n) is 6.87. The second kappa shape index (κ2) is 7.68. The van der Waals surface area contributed by atoms with Crippen molar-refractivity contribution in [2.45, 2.75) is 38.6 Å². The molecule has 4 aromatic rings. The summed E-state index contributed by atoms with van der Waals surface area (Å²) in [5.74, 6) is 0.0657. The van der Waals surface area contributed by atoms with Crippen LogP contribution in [0.15, 0.2) is 66.7 Å². The Morgan fingerprint density at radius 3 is 2.66 bits per heavy atom. The second-order valence-corrected chi connectivity index (χ2v) is 8.72. The number of rotatable bonds is 4. The van der Waals surface area contributed by atoms with Crippen molar-refractivity contribution in [3.63, 3.8) is 0 Å². The number of nitrogens with zero attached hydrogens (tertiary/aromatic N) is 2. The molecular weight excluding hydrogens is 398 g/mol. The molecule has 5 nitrogen and oxygen atoms in total. The van der Waals surface area contributed by atoms with Gasteiger partial charge in [0.2, 0.25) is 0 Å². The molecule has 2 unspecified atom stereocenters. The minimum atomic E-state index is -0.227. The van der Waals surface area contributed by atoms with Crippen LogP contribution in [0.2, 0.25) is 0 Å². The molecule has 1 amide bonds. The number of para-hydroxylation sites is 2. The van der Waals surface area contributed by atoms with E-state index in [1.807, 2.05) is 29.2 Å². The number of fused-ring (bicyclic) bond motifs is 4. The number of carbonyl (C=O) groups excluding carboxylic acids is 1. The molecular formula is C27H27N3O2. The van der Waals surface area contributed by atoms with E-state index in [1.165, 1.54) is 21.8 Å². The molecule has 0 saturated carbocycles. The Kier molecular flexibility index (Phi) is 4.65. The van der Waals surface area contributed by atoms with E-state index in [4.69, 9.17) is 4.74 Å². The van der Waals surface area contributed by atoms with Crippen molar-refractivity contribution in [1.82, 2.24) is 9.47 Å². The summed E-state index contributed by atoms with van der Waals surface area (Å²) in [6.07, 6.45) is 1.93. The Bertz CT molecular complexity index is 1320. The number of hydrogen-bond donors (Lipinski definition) is 1. The average Bonchev–Trinajstić information content (AvgIpc) is 3.46. The highest BCUT2D eigenvalue weighted by atomic mass is 16.5. The molecule has 32 heavy (non-hydrogen) atoms. The molecule has 1 aromatic heterocycles. The van der Waals surface area contributed by atoms with E-state index in [-0.39, 0.29) is 18.2 Å². The zero-order chi connectivity index (χ0) is 21.7. The summed E-state index contributed by atoms with van der Waals surface area (Å²) in [4.78, 5) is 15.5. The molecule has 3 heterocycles. The maximum Gasteiger partial charge on any atom is 0.257 e. The molecule has 162 valence electrons. The third kappa shape index (κ3) is 3.00. The van der Waals surface area contributed by atoms with Crippen LogP contribution in [0.1, 0.15) is 41.9 Å². The fourth-order valence-electron chi connectivity index (χ4n) is 5.33. The molecule has 1 fully saturated rings. The van der Waals surface area contributed by atoms with E-state index >= 15 is 0 Å². The summed E-state index contributed by atoms with van der Waals surface area (Å²) in [6.45, 7) is 4.48. The van der Waals surface area contributed by atoms with Gasteiger partial charge in [0.15, 0.2) is 0 Å². The maximum atomic E-state index is 13.5. The summed E-state index contributed by atoms with van der Waals surface area (Å²) in [5.41, 5.74) is 5.19. The fourth-order valence-corrected chi connectivity index (χ4v) is 5.33. The van der Waals surface area contributed by atoms with Gasteiger partial charge in [0.05, 0.1) is 11.7 Å². The topological polar surface area (TPSA) is 46.5 Å². The molecule has 0 spiro atoms. The quantitative estimate of drug-likeness (QED) is 0.466. The molecule has 0 bridgehead atoms. The first-order valence-corrected chi connectivity index (χ1v) is 11.5. The van der Waals surface area contributed by atoms with Gasteiger partial charge in [-0.05, 0) is 55.7 Å². The molecule has 2 aliphatic heterocycles. The lowest BCUT2D eigenvalue weighted by Gasteiger charge is -2.39. The fraction of sp³-hybridized carbons (Fsp3) is 0.296. The van der Waals surface area contributed by atoms with Gasteiger partial charge in [-0.25, -0.2) is 0 Å². The van der Waals surface area contributed by atoms with Crippen LogP contribution in [0.25, 0.3) is 21.8 Å². The molecule has 1 saturated heterocycles. The van der Waals surface area contributed by atoms with Crippen molar-refractivity contribution in [2.24, 2.45) is 0 Å². The van der Waals surface area contributed by atoms with E-state index in [0.29, 0.717) is 6.54 Å². The Morgan fingerprint density at radius 2 is 1.81 bits per heavy atom. The molecule has 5 heteroatoms. The van der Waals surface area contributed by atoms with Crippen molar-refractivity contribution in [1.29, 1.82) is 0 Å². The average molecular weight is 426 g/mol. The Labute approximate surface area is 187 Å². The Balaban J connectivity index is 1.48. The zero-order valence-electron chi connectivity index (χ0n) is 18.3. The van der Waals surface area contributed by atoms with Crippen LogP contribution in [0.3, 0.4) is 0 Å². The molecule has 0 radical (unpaired) electrons. The van der Waals surface area contributed by atoms with Crippen molar-refractivity contribution in [2.75, 3.05) is 18.5 Å². The van der Waals surface area contributed by atoms with E-state index < -0.39 is 0 Å². The van der Waals surface area contributed by atoms with Gasteiger partial charge in [0.1, 0.15) is 6.17 Å². The number of aryl methyl sites for hydroxylation is 1. The summed E-state index contributed by atoms with van der Waals surface area (Å²) >= 11 is 0. The van der Waals surface area contributed by atoms with Crippen LogP contribution in [-0.2, 0) is 11.3 Å². The molecule has 0 aliphatic carbocycles. The van der Waals surface area contributed by atoms with Crippen LogP contribution >= 0.6 is 0 Å². The summed E-state index contributed by atoms with van der Waals surface area (Å²) in [5, 5.41) is 6.12. The van der Waals surface area contributed by atoms with Gasteiger partial charge in [0.25, 0.3) is 5.91 Å². The largest absolute Gasteiger partial charge is 0.376 e. The number of aromatic nitrogens is 1. The van der Waals surface area contributed by atoms with Crippen molar-refractivity contribution >= 4 is 33.4 Å². The molecule has 6 rings (SSSR count). The highest BCUT2D eigenvalue weighted by Crippen LogP contribution is 2.37. The summed E-state index contributed by atoms with van der Waals surface area (Å²) < 4.78 is 8.25. The number of benzene rings is 3. The van der Waals surface area contributed by atoms with Crippen molar-refractivity contribution in [3.8, 4) is 0 Å². The number of amides is 1. The standard InChI is InChI=1S/C27H27N3O2/c1-2-29-24-12-6-4-9-20(24)22-16-18(13-14-25(22)29)26-28-23-11-5-3-10-21(23)27(31)30(26)17-19-8-7-15-32-19/h3-6,9-14,16,19,26,28H,2,7-8,15,17H2,1H3. The van der Waals surface area contributed by atoms with E-state index in [0.717, 1.165) is 42.8 Å². The van der Waals surface area contributed by atoms with E-state index in [1.54, 1.807) is 0 Å². The van der Waals surface area contributed by atoms with Gasteiger partial charge < -0.3 is 19.5 Å². The predicted octanol–water partition coefficient (Wildman–Crippen LogP) is 5.56. The lowest BCUT2D eigenvalue weighted by atomic mass is 10.0. The van der Waals surface area contributed by atoms with E-state index in [2.05, 4.69) is 59.3 Å². The Morgan fingerprint density at radius 1 is 1.00 bits per heavy atom. The minimum absolute atomic E-state index is 0.0657. The molecule has 2 atom stereocenters. The highest BCUT2D eigenvalue weighted by Gasteiger charge is 2.35. The molecule has 2 aliphatic rings. The molecule has 1 N–H and O–H groups in total. The van der Waals surface area contributed by atoms with Gasteiger partial charge in [-0.15, -0.1) is 0 Å². The van der Waals surface area contributed by atoms with Gasteiger partial charge in [-0.3, -0.25) is 4.79 Å². The first kappa shape index (κ1) is 19.4. The highest BCUT2D eigenvalue weighted by molar-refractivity contribution is 6.08. The number of ether oxygens (including phenoxy) is 1. The van der Waals surface area contributed by atoms with Crippen molar-refractivity contribution < 1.29 is 9.53 Å². The maximum absolute atomic E-state index is 13.5. The van der Waals surface area contributed by atoms with Crippen LogP contribution in [-0.4, -0.2) is 34.6 Å². The van der Waals surface area contributed by atoms with Crippen LogP contribution in [0.4, 0.5) is 5.69 Å². The van der Waals surface area contributed by atoms with Gasteiger partial charge in [-0.1, -0.05) is 36.4 Å². The second-order valence-electron chi connectivity index (χ2n) is 8.72. The first-order chi connectivity index (χ1) is 15.7. The number of carbonyl (C=O) groups is 1. The van der Waals surface area contributed by atoms with Gasteiger partial charge >= 0.3 is 0 Å². The lowest BCUT2D eigenvalue weighted by Crippen LogP contribution is -2.46. The smallest absolute Gasteiger partial charge is 0.257 e. The number of nitrogens with one attached hydrogen (secondary N) is 1. The number of hydrogen-bond acceptors (Lipinski definition) is 3. The summed E-state index contributed by atoms with van der Waals surface area (Å²) in [6, 6.07) is 23.0. The third-order valence-corrected chi connectivity index (χ3v) is 6.87. The zero-order valence-corrected chi connectivity index (χ0v) is 18.3. The monoisotopic (exact) mass is 425 g/mol. The van der Waals surface area contributed by atoms with Crippen LogP contribution in [0, 0.1) is 0 Å². The summed E-state index contributed by atoms with van der Waals surface area (Å²) in [7, 11) is 0. The lowest BCUT2D eigenvalue weighted by molar-refractivity contribution is 0.0427. The Hall–Kier alpha value is -3.31. The van der Waals surface area contributed by atoms with Gasteiger partial charge in [-0.2, -0.15) is 0 Å². The minimum Gasteiger partial charge on any atom is -0.376 e. The molecule has 3 aromatic carbocycles.